The van der Waals surface area contributed by atoms with Gasteiger partial charge in [-0.05, 0) is 29.8 Å². The van der Waals surface area contributed by atoms with Gasteiger partial charge in [0.05, 0.1) is 0 Å². The fourth-order valence-electron chi connectivity index (χ4n) is 3.19. The lowest BCUT2D eigenvalue weighted by Gasteiger charge is -2.36. The molecule has 0 aromatic heterocycles. The summed E-state index contributed by atoms with van der Waals surface area (Å²) in [5.41, 5.74) is 1.54. The third-order valence-corrected chi connectivity index (χ3v) is 4.72. The first-order valence-corrected chi connectivity index (χ1v) is 8.71. The average molecular weight is 375 g/mol. The van der Waals surface area contributed by atoms with Gasteiger partial charge < -0.3 is 24.6 Å². The molecule has 8 heteroatoms. The molecule has 0 unspecified atom stereocenters. The normalized spacial score (nSPS) is 15.8. The second-order valence-corrected chi connectivity index (χ2v) is 6.42. The quantitative estimate of drug-likeness (QED) is 0.896. The van der Waals surface area contributed by atoms with Gasteiger partial charge in [-0.2, -0.15) is 0 Å². The lowest BCUT2D eigenvalue weighted by molar-refractivity contribution is 0.174. The summed E-state index contributed by atoms with van der Waals surface area (Å²) in [6.45, 7) is 2.73. The van der Waals surface area contributed by atoms with Crippen LogP contribution >= 0.6 is 0 Å². The highest BCUT2D eigenvalue weighted by Gasteiger charge is 2.22. The molecule has 0 aliphatic carbocycles. The zero-order valence-electron chi connectivity index (χ0n) is 14.6. The van der Waals surface area contributed by atoms with Crippen molar-refractivity contribution in [1.82, 2.24) is 10.2 Å². The summed E-state index contributed by atoms with van der Waals surface area (Å²) in [7, 11) is 0. The van der Waals surface area contributed by atoms with E-state index in [-0.39, 0.29) is 12.8 Å². The van der Waals surface area contributed by atoms with E-state index in [1.54, 1.807) is 11.0 Å². The van der Waals surface area contributed by atoms with Gasteiger partial charge in [0.15, 0.2) is 23.1 Å². The maximum Gasteiger partial charge on any atom is 0.317 e. The van der Waals surface area contributed by atoms with E-state index in [0.29, 0.717) is 49.9 Å². The molecule has 142 valence electrons. The molecule has 0 radical (unpaired) electrons. The number of rotatable bonds is 3. The Hall–Kier alpha value is -3.03. The van der Waals surface area contributed by atoms with E-state index in [1.165, 1.54) is 6.07 Å². The number of carbonyl (C=O) groups excluding carboxylic acids is 1. The summed E-state index contributed by atoms with van der Waals surface area (Å²) in [4.78, 5) is 16.0. The number of nitrogens with one attached hydrogen (secondary N) is 1. The first kappa shape index (κ1) is 17.4. The number of ether oxygens (including phenoxy) is 2. The number of hydrogen-bond donors (Lipinski definition) is 1. The number of fused-ring (bicyclic) bond motifs is 1. The number of hydrogen-bond acceptors (Lipinski definition) is 4. The molecular weight excluding hydrogens is 356 g/mol. The number of amides is 2. The Kier molecular flexibility index (Phi) is 4.70. The van der Waals surface area contributed by atoms with Crippen LogP contribution in [0, 0.1) is 11.6 Å². The molecule has 0 spiro atoms. The summed E-state index contributed by atoms with van der Waals surface area (Å²) in [5.74, 6) is -0.336. The average Bonchev–Trinajstić information content (AvgIpc) is 3.16. The molecule has 2 heterocycles. The van der Waals surface area contributed by atoms with Gasteiger partial charge in [0, 0.05) is 44.5 Å². The van der Waals surface area contributed by atoms with Crippen molar-refractivity contribution in [2.45, 2.75) is 6.54 Å². The van der Waals surface area contributed by atoms with E-state index < -0.39 is 11.6 Å². The fraction of sp³-hybridized carbons (Fsp3) is 0.316. The first-order chi connectivity index (χ1) is 13.1. The highest BCUT2D eigenvalue weighted by molar-refractivity contribution is 5.74. The zero-order chi connectivity index (χ0) is 18.8. The Bertz CT molecular complexity index is 854. The summed E-state index contributed by atoms with van der Waals surface area (Å²) < 4.78 is 37.1. The van der Waals surface area contributed by atoms with Gasteiger partial charge >= 0.3 is 6.03 Å². The number of nitrogens with zero attached hydrogens (tertiary/aromatic N) is 2. The van der Waals surface area contributed by atoms with Crippen LogP contribution in [0.2, 0.25) is 0 Å². The number of halogens is 2. The van der Waals surface area contributed by atoms with Crippen molar-refractivity contribution in [1.29, 1.82) is 0 Å². The third kappa shape index (κ3) is 3.74. The molecule has 0 bridgehead atoms. The van der Waals surface area contributed by atoms with Crippen LogP contribution in [0.25, 0.3) is 0 Å². The van der Waals surface area contributed by atoms with Crippen LogP contribution in [-0.2, 0) is 6.54 Å². The van der Waals surface area contributed by atoms with Crippen LogP contribution < -0.4 is 19.7 Å². The molecule has 27 heavy (non-hydrogen) atoms. The maximum atomic E-state index is 13.4. The molecule has 2 aliphatic heterocycles. The van der Waals surface area contributed by atoms with Gasteiger partial charge in [-0.15, -0.1) is 0 Å². The van der Waals surface area contributed by atoms with Gasteiger partial charge in [0.25, 0.3) is 0 Å². The Morgan fingerprint density at radius 1 is 0.963 bits per heavy atom. The van der Waals surface area contributed by atoms with Crippen molar-refractivity contribution >= 4 is 11.7 Å². The van der Waals surface area contributed by atoms with Gasteiger partial charge in [-0.3, -0.25) is 0 Å². The number of piperazine rings is 1. The zero-order valence-corrected chi connectivity index (χ0v) is 14.6. The van der Waals surface area contributed by atoms with Gasteiger partial charge in [-0.25, -0.2) is 13.6 Å². The van der Waals surface area contributed by atoms with Crippen LogP contribution in [0.15, 0.2) is 36.4 Å². The van der Waals surface area contributed by atoms with Crippen molar-refractivity contribution in [3.05, 3.63) is 53.6 Å². The van der Waals surface area contributed by atoms with Crippen molar-refractivity contribution in [2.24, 2.45) is 0 Å². The molecule has 1 fully saturated rings. The minimum Gasteiger partial charge on any atom is -0.454 e. The molecule has 2 aliphatic rings. The van der Waals surface area contributed by atoms with Crippen LogP contribution in [0.3, 0.4) is 0 Å². The number of anilines is 1. The van der Waals surface area contributed by atoms with E-state index in [1.807, 2.05) is 23.1 Å². The summed E-state index contributed by atoms with van der Waals surface area (Å²) in [6, 6.07) is 9.26. The highest BCUT2D eigenvalue weighted by atomic mass is 19.2. The molecule has 2 aromatic carbocycles. The van der Waals surface area contributed by atoms with E-state index in [2.05, 4.69) is 5.32 Å². The van der Waals surface area contributed by atoms with Crippen molar-refractivity contribution in [3.63, 3.8) is 0 Å². The van der Waals surface area contributed by atoms with E-state index in [0.717, 1.165) is 11.6 Å². The molecule has 0 saturated carbocycles. The Balaban J connectivity index is 1.29. The predicted molar refractivity (Wildman–Crippen MR) is 94.9 cm³/mol. The highest BCUT2D eigenvalue weighted by Crippen LogP contribution is 2.32. The summed E-state index contributed by atoms with van der Waals surface area (Å²) in [6.07, 6.45) is 0. The molecule has 0 atom stereocenters. The maximum absolute atomic E-state index is 13.4. The number of urea groups is 1. The topological polar surface area (TPSA) is 54.0 Å². The lowest BCUT2D eigenvalue weighted by Crippen LogP contribution is -2.51. The molecular formula is C19H19F2N3O3. The molecule has 4 rings (SSSR count). The standard InChI is InChI=1S/C19H19F2N3O3/c20-15-3-2-14(10-16(15)21)23-5-7-24(8-6-23)19(25)22-11-13-1-4-17-18(9-13)27-12-26-17/h1-4,9-10H,5-8,11-12H2,(H,22,25). The van der Waals surface area contributed by atoms with Crippen LogP contribution in [0.4, 0.5) is 19.3 Å². The summed E-state index contributed by atoms with van der Waals surface area (Å²) in [5, 5.41) is 2.89. The minimum atomic E-state index is -0.864. The Labute approximate surface area is 155 Å². The number of benzene rings is 2. The molecule has 2 amide bonds. The van der Waals surface area contributed by atoms with E-state index in [4.69, 9.17) is 9.47 Å². The second-order valence-electron chi connectivity index (χ2n) is 6.42. The van der Waals surface area contributed by atoms with Crippen LogP contribution in [-0.4, -0.2) is 43.9 Å². The molecule has 6 nitrogen and oxygen atoms in total. The van der Waals surface area contributed by atoms with E-state index in [9.17, 15) is 13.6 Å². The lowest BCUT2D eigenvalue weighted by atomic mass is 10.2. The smallest absolute Gasteiger partial charge is 0.317 e. The van der Waals surface area contributed by atoms with Crippen molar-refractivity contribution in [3.8, 4) is 11.5 Å². The first-order valence-electron chi connectivity index (χ1n) is 8.71. The third-order valence-electron chi connectivity index (χ3n) is 4.72. The van der Waals surface area contributed by atoms with Crippen LogP contribution in [0.5, 0.6) is 11.5 Å². The number of carbonyl (C=O) groups is 1. The molecule has 1 saturated heterocycles. The summed E-state index contributed by atoms with van der Waals surface area (Å²) >= 11 is 0. The van der Waals surface area contributed by atoms with Gasteiger partial charge in [0.2, 0.25) is 6.79 Å². The monoisotopic (exact) mass is 375 g/mol. The van der Waals surface area contributed by atoms with E-state index >= 15 is 0 Å². The van der Waals surface area contributed by atoms with Crippen molar-refractivity contribution < 1.29 is 23.0 Å². The van der Waals surface area contributed by atoms with Gasteiger partial charge in [0.1, 0.15) is 0 Å². The SMILES string of the molecule is O=C(NCc1ccc2c(c1)OCO2)N1CCN(c2ccc(F)c(F)c2)CC1. The Morgan fingerprint density at radius 2 is 1.74 bits per heavy atom. The molecule has 2 aromatic rings. The largest absolute Gasteiger partial charge is 0.454 e. The van der Waals surface area contributed by atoms with Crippen molar-refractivity contribution in [2.75, 3.05) is 37.9 Å². The predicted octanol–water partition coefficient (Wildman–Crippen LogP) is 2.73. The fourth-order valence-corrected chi connectivity index (χ4v) is 3.19. The van der Waals surface area contributed by atoms with Crippen LogP contribution in [0.1, 0.15) is 5.56 Å². The Morgan fingerprint density at radius 3 is 2.52 bits per heavy atom. The second kappa shape index (κ2) is 7.30. The minimum absolute atomic E-state index is 0.155. The molecule has 1 N–H and O–H groups in total. The van der Waals surface area contributed by atoms with Gasteiger partial charge in [-0.1, -0.05) is 6.07 Å².